The van der Waals surface area contributed by atoms with Gasteiger partial charge in [0.1, 0.15) is 0 Å². The van der Waals surface area contributed by atoms with Crippen LogP contribution in [-0.2, 0) is 23.5 Å². The predicted molar refractivity (Wildman–Crippen MR) is 53.4 cm³/mol. The minimum atomic E-state index is 0. The smallest absolute Gasteiger partial charge is 0 e. The molecule has 0 aliphatic heterocycles. The van der Waals surface area contributed by atoms with Crippen LogP contribution in [0.1, 0.15) is 12.5 Å². The molecule has 0 fully saturated rings. The normalized spacial score (nSPS) is 8.08. The van der Waals surface area contributed by atoms with Gasteiger partial charge in [-0.15, -0.1) is 0 Å². The Labute approximate surface area is 90.8 Å². The molecule has 0 bridgehead atoms. The molecule has 75 valence electrons. The summed E-state index contributed by atoms with van der Waals surface area (Å²) in [5.74, 6) is 0. The first-order valence-electron chi connectivity index (χ1n) is 4.30. The first kappa shape index (κ1) is 12.2. The zero-order valence-corrected chi connectivity index (χ0v) is 8.96. The molecule has 0 N–H and O–H groups in total. The molecule has 0 amide bonds. The first-order chi connectivity index (χ1) is 5.93. The molecule has 0 saturated carbocycles. The second kappa shape index (κ2) is 7.85. The van der Waals surface area contributed by atoms with Crippen LogP contribution < -0.4 is 0 Å². The van der Waals surface area contributed by atoms with E-state index in [9.17, 15) is 0 Å². The first-order valence-corrected chi connectivity index (χ1v) is 4.30. The van der Waals surface area contributed by atoms with Crippen LogP contribution >= 0.6 is 0 Å². The van der Waals surface area contributed by atoms with Gasteiger partial charge in [0.2, 0.25) is 0 Å². The fraction of sp³-hybridized carbons (Fsp3) is 0.167. The topological polar surface area (TPSA) is 0 Å². The van der Waals surface area contributed by atoms with Crippen molar-refractivity contribution in [1.82, 2.24) is 0 Å². The summed E-state index contributed by atoms with van der Waals surface area (Å²) >= 11 is 0. The van der Waals surface area contributed by atoms with Crippen LogP contribution in [0.3, 0.4) is 0 Å². The van der Waals surface area contributed by atoms with Gasteiger partial charge in [-0.1, -0.05) is 13.3 Å². The quantitative estimate of drug-likeness (QED) is 0.503. The number of rotatable bonds is 1. The van der Waals surface area contributed by atoms with Gasteiger partial charge < -0.3 is 30.3 Å². The van der Waals surface area contributed by atoms with Crippen molar-refractivity contribution in [3.63, 3.8) is 0 Å². The van der Waals surface area contributed by atoms with Gasteiger partial charge in [0.25, 0.3) is 0 Å². The average Bonchev–Trinajstić information content (AvgIpc) is 2.81. The van der Waals surface area contributed by atoms with Crippen molar-refractivity contribution < 1.29 is 17.1 Å². The van der Waals surface area contributed by atoms with E-state index in [4.69, 9.17) is 0 Å². The van der Waals surface area contributed by atoms with Crippen LogP contribution in [0.15, 0.2) is 54.6 Å². The molecule has 13 heavy (non-hydrogen) atoms. The van der Waals surface area contributed by atoms with Crippen LogP contribution in [0.25, 0.3) is 0 Å². The summed E-state index contributed by atoms with van der Waals surface area (Å²) in [7, 11) is 0. The molecule has 0 nitrogen and oxygen atoms in total. The molecule has 0 aliphatic carbocycles. The summed E-state index contributed by atoms with van der Waals surface area (Å²) in [6.07, 6.45) is 1.16. The Morgan fingerprint density at radius 1 is 0.923 bits per heavy atom. The van der Waals surface area contributed by atoms with Crippen molar-refractivity contribution in [3.8, 4) is 0 Å². The third kappa shape index (κ3) is 5.46. The van der Waals surface area contributed by atoms with Gasteiger partial charge in [-0.3, -0.25) is 0 Å². The molecular formula is C12H14Mn-6. The minimum absolute atomic E-state index is 0. The van der Waals surface area contributed by atoms with E-state index in [1.807, 2.05) is 30.3 Å². The van der Waals surface area contributed by atoms with Gasteiger partial charge in [0.05, 0.1) is 0 Å². The zero-order chi connectivity index (χ0) is 8.65. The third-order valence-electron chi connectivity index (χ3n) is 1.70. The van der Waals surface area contributed by atoms with Crippen molar-refractivity contribution in [2.24, 2.45) is 0 Å². The van der Waals surface area contributed by atoms with Gasteiger partial charge in [0.15, 0.2) is 0 Å². The summed E-state index contributed by atoms with van der Waals surface area (Å²) in [6.45, 7) is 2.16. The average molecular weight is 213 g/mol. The fourth-order valence-electron chi connectivity index (χ4n) is 0.970. The van der Waals surface area contributed by atoms with Crippen LogP contribution in [0, 0.1) is 0 Å². The zero-order valence-electron chi connectivity index (χ0n) is 7.78. The molecule has 1 heteroatoms. The maximum absolute atomic E-state index is 2.16. The van der Waals surface area contributed by atoms with Crippen molar-refractivity contribution in [2.45, 2.75) is 13.3 Å². The molecule has 0 unspecified atom stereocenters. The Kier molecular flexibility index (Phi) is 7.38. The van der Waals surface area contributed by atoms with E-state index in [2.05, 4.69) is 31.2 Å². The van der Waals surface area contributed by atoms with Gasteiger partial charge in [-0.05, 0) is 0 Å². The summed E-state index contributed by atoms with van der Waals surface area (Å²) in [4.78, 5) is 0. The van der Waals surface area contributed by atoms with Crippen LogP contribution in [0.2, 0.25) is 0 Å². The standard InChI is InChI=1S/C7H9.C5H5.Mn/c1-2-7-5-3-4-6-7;1-2-4-5-3-1;/h3-6H,2H2,1H3;1-5H;/q-1;-5;. The Balaban J connectivity index is 0.000000215. The largest absolute Gasteiger partial charge is 0.748 e. The summed E-state index contributed by atoms with van der Waals surface area (Å²) in [6, 6.07) is 18.4. The van der Waals surface area contributed by atoms with Crippen molar-refractivity contribution in [2.75, 3.05) is 0 Å². The molecule has 2 rings (SSSR count). The molecule has 0 saturated heterocycles. The Bertz CT molecular complexity index is 236. The van der Waals surface area contributed by atoms with E-state index in [-0.39, 0.29) is 17.1 Å². The Morgan fingerprint density at radius 3 is 1.54 bits per heavy atom. The molecule has 0 heterocycles. The van der Waals surface area contributed by atoms with Crippen molar-refractivity contribution in [1.29, 1.82) is 0 Å². The van der Waals surface area contributed by atoms with Gasteiger partial charge in [-0.25, -0.2) is 12.1 Å². The van der Waals surface area contributed by atoms with Gasteiger partial charge >= 0.3 is 0 Å². The second-order valence-electron chi connectivity index (χ2n) is 2.61. The third-order valence-corrected chi connectivity index (χ3v) is 1.70. The van der Waals surface area contributed by atoms with E-state index in [0.29, 0.717) is 0 Å². The van der Waals surface area contributed by atoms with Crippen molar-refractivity contribution >= 4 is 0 Å². The predicted octanol–water partition coefficient (Wildman–Crippen LogP) is 3.37. The number of aryl methyl sites for hydroxylation is 1. The number of hydrogen-bond acceptors (Lipinski definition) is 0. The van der Waals surface area contributed by atoms with E-state index in [0.717, 1.165) is 6.42 Å². The van der Waals surface area contributed by atoms with Crippen molar-refractivity contribution in [3.05, 3.63) is 60.2 Å². The molecule has 0 aromatic heterocycles. The summed E-state index contributed by atoms with van der Waals surface area (Å²) in [5.41, 5.74) is 1.43. The Hall–Kier alpha value is -0.781. The Morgan fingerprint density at radius 2 is 1.31 bits per heavy atom. The van der Waals surface area contributed by atoms with Crippen LogP contribution in [-0.4, -0.2) is 0 Å². The van der Waals surface area contributed by atoms with Gasteiger partial charge in [-0.2, -0.15) is 17.7 Å². The van der Waals surface area contributed by atoms with E-state index in [1.165, 1.54) is 5.56 Å². The van der Waals surface area contributed by atoms with E-state index < -0.39 is 0 Å². The van der Waals surface area contributed by atoms with E-state index in [1.54, 1.807) is 0 Å². The molecule has 2 aromatic carbocycles. The summed E-state index contributed by atoms with van der Waals surface area (Å²) in [5, 5.41) is 0. The molecule has 1 radical (unpaired) electrons. The maximum Gasteiger partial charge on any atom is 0 e. The van der Waals surface area contributed by atoms with Gasteiger partial charge in [0, 0.05) is 17.1 Å². The maximum atomic E-state index is 2.16. The molecule has 0 atom stereocenters. The molecule has 2 aromatic rings. The SMILES string of the molecule is CC[c-]1cccc1.[Mn].[cH-]1[cH-][cH-][cH-][cH-]1. The van der Waals surface area contributed by atoms with Crippen LogP contribution in [0.4, 0.5) is 0 Å². The number of hydrogen-bond donors (Lipinski definition) is 0. The second-order valence-corrected chi connectivity index (χ2v) is 2.61. The van der Waals surface area contributed by atoms with Crippen LogP contribution in [0.5, 0.6) is 0 Å². The molecular weight excluding hydrogens is 199 g/mol. The summed E-state index contributed by atoms with van der Waals surface area (Å²) < 4.78 is 0. The fourth-order valence-corrected chi connectivity index (χ4v) is 0.970. The monoisotopic (exact) mass is 213 g/mol. The van der Waals surface area contributed by atoms with E-state index >= 15 is 0 Å². The molecule has 0 aliphatic rings. The molecule has 0 spiro atoms. The minimum Gasteiger partial charge on any atom is -0.748 e.